The lowest BCUT2D eigenvalue weighted by molar-refractivity contribution is -0.136. The number of rotatable bonds is 6. The zero-order chi connectivity index (χ0) is 19.4. The van der Waals surface area contributed by atoms with Crippen molar-refractivity contribution in [2.75, 3.05) is 0 Å². The van der Waals surface area contributed by atoms with Gasteiger partial charge in [0.05, 0.1) is 11.1 Å². The minimum absolute atomic E-state index is 0.184. The summed E-state index contributed by atoms with van der Waals surface area (Å²) in [6.45, 7) is 0. The van der Waals surface area contributed by atoms with Crippen LogP contribution in [0.5, 0.6) is 0 Å². The van der Waals surface area contributed by atoms with E-state index in [4.69, 9.17) is 0 Å². The van der Waals surface area contributed by atoms with Crippen molar-refractivity contribution in [3.63, 3.8) is 0 Å². The van der Waals surface area contributed by atoms with Crippen molar-refractivity contribution in [3.05, 3.63) is 76.3 Å². The number of hydrogen-bond donors (Lipinski definition) is 6. The molecule has 0 aromatic carbocycles. The Kier molecular flexibility index (Phi) is 5.15. The molecular formula is C14H12N4O8. The molecule has 2 rings (SSSR count). The van der Waals surface area contributed by atoms with E-state index < -0.39 is 58.4 Å². The predicted octanol–water partition coefficient (Wildman–Crippen LogP) is -2.31. The average molecular weight is 364 g/mol. The van der Waals surface area contributed by atoms with Crippen molar-refractivity contribution in [2.24, 2.45) is 0 Å². The monoisotopic (exact) mass is 364 g/mol. The van der Waals surface area contributed by atoms with Crippen LogP contribution in [0.4, 0.5) is 0 Å². The Morgan fingerprint density at radius 3 is 1.35 bits per heavy atom. The van der Waals surface area contributed by atoms with Gasteiger partial charge in [-0.15, -0.1) is 0 Å². The van der Waals surface area contributed by atoms with Crippen LogP contribution in [-0.4, -0.2) is 42.1 Å². The van der Waals surface area contributed by atoms with Gasteiger partial charge in [-0.3, -0.25) is 19.6 Å². The van der Waals surface area contributed by atoms with Gasteiger partial charge in [-0.2, -0.15) is 0 Å². The molecule has 0 unspecified atom stereocenters. The number of aromatic nitrogens is 4. The van der Waals surface area contributed by atoms with Crippen molar-refractivity contribution >= 4 is 11.9 Å². The number of nitrogens with one attached hydrogen (secondary N) is 4. The molecule has 0 aliphatic carbocycles. The van der Waals surface area contributed by atoms with Crippen molar-refractivity contribution < 1.29 is 19.8 Å². The minimum atomic E-state index is -1.62. The Morgan fingerprint density at radius 2 is 1.08 bits per heavy atom. The highest BCUT2D eigenvalue weighted by atomic mass is 16.4. The molecule has 0 spiro atoms. The number of aliphatic carboxylic acids is 2. The van der Waals surface area contributed by atoms with E-state index >= 15 is 0 Å². The second-order valence-electron chi connectivity index (χ2n) is 5.12. The van der Waals surface area contributed by atoms with E-state index in [2.05, 4.69) is 9.97 Å². The van der Waals surface area contributed by atoms with E-state index in [1.165, 1.54) is 0 Å². The van der Waals surface area contributed by atoms with Crippen LogP contribution in [0.3, 0.4) is 0 Å². The Hall–Kier alpha value is -3.96. The molecule has 0 atom stereocenters. The summed E-state index contributed by atoms with van der Waals surface area (Å²) < 4.78 is 0. The van der Waals surface area contributed by atoms with Crippen molar-refractivity contribution in [3.8, 4) is 0 Å². The molecule has 26 heavy (non-hydrogen) atoms. The first-order valence-corrected chi connectivity index (χ1v) is 6.99. The van der Waals surface area contributed by atoms with Gasteiger partial charge < -0.3 is 20.2 Å². The number of carboxylic acid groups (broad SMARTS) is 2. The molecule has 12 nitrogen and oxygen atoms in total. The molecule has 0 aliphatic rings. The van der Waals surface area contributed by atoms with E-state index in [9.17, 15) is 39.0 Å². The zero-order valence-electron chi connectivity index (χ0n) is 12.9. The van der Waals surface area contributed by atoms with Crippen LogP contribution in [0.1, 0.15) is 11.1 Å². The smallest absolute Gasteiger partial charge is 0.332 e. The summed E-state index contributed by atoms with van der Waals surface area (Å²) in [7, 11) is 0. The lowest BCUT2D eigenvalue weighted by atomic mass is 9.97. The van der Waals surface area contributed by atoms with E-state index in [-0.39, 0.29) is 11.1 Å². The van der Waals surface area contributed by atoms with E-state index in [0.29, 0.717) is 0 Å². The van der Waals surface area contributed by atoms with Gasteiger partial charge in [0.1, 0.15) is 0 Å². The highest BCUT2D eigenvalue weighted by molar-refractivity contribution is 5.99. The predicted molar refractivity (Wildman–Crippen MR) is 85.1 cm³/mol. The van der Waals surface area contributed by atoms with Crippen LogP contribution in [0, 0.1) is 0 Å². The lowest BCUT2D eigenvalue weighted by Crippen LogP contribution is -2.28. The van der Waals surface area contributed by atoms with Gasteiger partial charge >= 0.3 is 23.3 Å². The molecule has 0 amide bonds. The molecule has 0 bridgehead atoms. The van der Waals surface area contributed by atoms with Gasteiger partial charge in [0, 0.05) is 36.4 Å². The third kappa shape index (κ3) is 4.11. The molecule has 0 radical (unpaired) electrons. The fourth-order valence-electron chi connectivity index (χ4n) is 2.14. The Bertz CT molecular complexity index is 1040. The third-order valence-corrected chi connectivity index (χ3v) is 3.41. The maximum absolute atomic E-state index is 11.7. The largest absolute Gasteiger partial charge is 0.478 e. The summed E-state index contributed by atoms with van der Waals surface area (Å²) in [6, 6.07) is 0. The molecule has 12 heteroatoms. The van der Waals surface area contributed by atoms with Crippen molar-refractivity contribution in [1.82, 2.24) is 19.9 Å². The number of carboxylic acids is 2. The van der Waals surface area contributed by atoms with Gasteiger partial charge in [-0.25, -0.2) is 19.2 Å². The van der Waals surface area contributed by atoms with Crippen LogP contribution in [0.15, 0.2) is 42.7 Å². The maximum Gasteiger partial charge on any atom is 0.332 e. The Morgan fingerprint density at radius 1 is 0.731 bits per heavy atom. The summed E-state index contributed by atoms with van der Waals surface area (Å²) in [5.74, 6) is -3.23. The molecule has 0 fully saturated rings. The summed E-state index contributed by atoms with van der Waals surface area (Å²) in [6.07, 6.45) is 0.724. The van der Waals surface area contributed by atoms with Crippen LogP contribution in [-0.2, 0) is 22.4 Å². The summed E-state index contributed by atoms with van der Waals surface area (Å²) in [4.78, 5) is 76.5. The lowest BCUT2D eigenvalue weighted by Gasteiger charge is -2.08. The fraction of sp³-hybridized carbons (Fsp3) is 0.143. The number of H-pyrrole nitrogens is 4. The maximum atomic E-state index is 11.7. The Balaban J connectivity index is 2.56. The van der Waals surface area contributed by atoms with Crippen LogP contribution < -0.4 is 22.5 Å². The molecule has 2 heterocycles. The summed E-state index contributed by atoms with van der Waals surface area (Å²) >= 11 is 0. The van der Waals surface area contributed by atoms with Crippen molar-refractivity contribution in [1.29, 1.82) is 0 Å². The first-order chi connectivity index (χ1) is 12.2. The second-order valence-corrected chi connectivity index (χ2v) is 5.12. The quantitative estimate of drug-likeness (QED) is 0.306. The molecule has 2 aromatic heterocycles. The molecule has 0 saturated carbocycles. The SMILES string of the molecule is O=C(O)C(Cc1c[nH]c(=O)[nH]c1=O)=C(Cc1c[nH]c(=O)[nH]c1=O)C(=O)O. The molecule has 0 aliphatic heterocycles. The first-order valence-electron chi connectivity index (χ1n) is 6.99. The minimum Gasteiger partial charge on any atom is -0.478 e. The highest BCUT2D eigenvalue weighted by Gasteiger charge is 2.23. The number of carbonyl (C=O) groups is 2. The second kappa shape index (κ2) is 7.29. The van der Waals surface area contributed by atoms with E-state index in [0.717, 1.165) is 12.4 Å². The van der Waals surface area contributed by atoms with Crippen LogP contribution in [0.2, 0.25) is 0 Å². The topological polar surface area (TPSA) is 206 Å². The third-order valence-electron chi connectivity index (χ3n) is 3.41. The number of hydrogen-bond acceptors (Lipinski definition) is 6. The molecule has 6 N–H and O–H groups in total. The molecule has 136 valence electrons. The van der Waals surface area contributed by atoms with Crippen LogP contribution in [0.25, 0.3) is 0 Å². The highest BCUT2D eigenvalue weighted by Crippen LogP contribution is 2.14. The van der Waals surface area contributed by atoms with Gasteiger partial charge in [0.2, 0.25) is 0 Å². The van der Waals surface area contributed by atoms with Gasteiger partial charge in [0.15, 0.2) is 0 Å². The fourth-order valence-corrected chi connectivity index (χ4v) is 2.14. The van der Waals surface area contributed by atoms with Gasteiger partial charge in [-0.05, 0) is 0 Å². The molecule has 0 saturated heterocycles. The summed E-state index contributed by atoms with van der Waals surface area (Å²) in [5.41, 5.74) is -5.04. The Labute approximate surface area is 141 Å². The van der Waals surface area contributed by atoms with E-state index in [1.54, 1.807) is 0 Å². The van der Waals surface area contributed by atoms with Gasteiger partial charge in [-0.1, -0.05) is 0 Å². The standard InChI is InChI=1S/C14H12N4O8/c19-9-5(3-15-13(25)17-9)1-7(11(21)22)8(12(23)24)2-6-4-16-14(26)18-10(6)20/h3-4H,1-2H2,(H,21,22)(H,23,24)(H2,15,17,19,25)(H2,16,18,20,26). The normalized spacial score (nSPS) is 11.7. The zero-order valence-corrected chi connectivity index (χ0v) is 12.9. The van der Waals surface area contributed by atoms with Crippen LogP contribution >= 0.6 is 0 Å². The van der Waals surface area contributed by atoms with E-state index in [1.807, 2.05) is 9.97 Å². The summed E-state index contributed by atoms with van der Waals surface area (Å²) in [5, 5.41) is 18.7. The first kappa shape index (κ1) is 18.4. The van der Waals surface area contributed by atoms with Crippen molar-refractivity contribution in [2.45, 2.75) is 12.8 Å². The van der Waals surface area contributed by atoms with Gasteiger partial charge in [0.25, 0.3) is 11.1 Å². The molecule has 2 aromatic rings. The average Bonchev–Trinajstić information content (AvgIpc) is 2.53. The molecular weight excluding hydrogens is 352 g/mol. The number of aromatic amines is 4.